The van der Waals surface area contributed by atoms with E-state index >= 15 is 0 Å². The fourth-order valence-electron chi connectivity index (χ4n) is 3.57. The zero-order valence-corrected chi connectivity index (χ0v) is 18.6. The fraction of sp³-hybridized carbons (Fsp3) is 0.130. The number of carbonyl (C=O) groups is 1. The van der Waals surface area contributed by atoms with Crippen molar-refractivity contribution in [3.63, 3.8) is 0 Å². The van der Waals surface area contributed by atoms with E-state index in [4.69, 9.17) is 0 Å². The van der Waals surface area contributed by atoms with Crippen LogP contribution in [0.5, 0.6) is 0 Å². The van der Waals surface area contributed by atoms with Gasteiger partial charge in [-0.05, 0) is 51.7 Å². The fourth-order valence-corrected chi connectivity index (χ4v) is 5.99. The Bertz CT molecular complexity index is 1310. The number of aromatic nitrogens is 1. The minimum absolute atomic E-state index is 0.0795. The lowest BCUT2D eigenvalue weighted by atomic mass is 10.1. The molecule has 2 aromatic heterocycles. The number of hydrogen-bond donors (Lipinski definition) is 2. The number of rotatable bonds is 8. The molecule has 0 aliphatic carbocycles. The van der Waals surface area contributed by atoms with Gasteiger partial charge in [0.05, 0.1) is 5.75 Å². The highest BCUT2D eigenvalue weighted by molar-refractivity contribution is 7.88. The van der Waals surface area contributed by atoms with Crippen molar-refractivity contribution in [2.45, 2.75) is 18.3 Å². The molecule has 9 heteroatoms. The molecule has 2 N–H and O–H groups in total. The van der Waals surface area contributed by atoms with Crippen molar-refractivity contribution in [3.05, 3.63) is 101 Å². The van der Waals surface area contributed by atoms with Crippen LogP contribution >= 0.6 is 11.3 Å². The van der Waals surface area contributed by atoms with E-state index in [0.717, 1.165) is 14.4 Å². The van der Waals surface area contributed by atoms with Gasteiger partial charge in [-0.25, -0.2) is 13.9 Å². The quantitative estimate of drug-likeness (QED) is 0.303. The van der Waals surface area contributed by atoms with Crippen molar-refractivity contribution in [2.75, 3.05) is 0 Å². The average Bonchev–Trinajstić information content (AvgIpc) is 3.27. The monoisotopic (exact) mass is 467 g/mol. The number of nitrogens with one attached hydrogen (secondary N) is 1. The van der Waals surface area contributed by atoms with Crippen molar-refractivity contribution in [1.29, 1.82) is 0 Å². The van der Waals surface area contributed by atoms with Gasteiger partial charge in [-0.1, -0.05) is 42.5 Å². The van der Waals surface area contributed by atoms with E-state index in [1.165, 1.54) is 0 Å². The third-order valence-corrected chi connectivity index (χ3v) is 7.70. The van der Waals surface area contributed by atoms with E-state index < -0.39 is 22.0 Å². The molecule has 0 radical (unpaired) electrons. The molecular formula is C23H21N3O4S2. The lowest BCUT2D eigenvalue weighted by Crippen LogP contribution is -2.43. The summed E-state index contributed by atoms with van der Waals surface area (Å²) in [6, 6.07) is 18.2. The second-order valence-corrected chi connectivity index (χ2v) is 10.1. The Morgan fingerprint density at radius 1 is 1.06 bits per heavy atom. The molecule has 1 amide bonds. The molecule has 0 saturated heterocycles. The first-order valence-corrected chi connectivity index (χ1v) is 12.3. The third kappa shape index (κ3) is 4.86. The smallest absolute Gasteiger partial charge is 0.266 e. The first-order valence-electron chi connectivity index (χ1n) is 9.81. The number of pyridine rings is 1. The summed E-state index contributed by atoms with van der Waals surface area (Å²) >= 11 is 1.58. The predicted molar refractivity (Wildman–Crippen MR) is 123 cm³/mol. The molecule has 0 bridgehead atoms. The number of carbonyl (C=O) groups excluding carboxylic acids is 1. The van der Waals surface area contributed by atoms with Crippen molar-refractivity contribution in [3.8, 4) is 0 Å². The number of hydrogen-bond acceptors (Lipinski definition) is 6. The summed E-state index contributed by atoms with van der Waals surface area (Å²) in [6.07, 6.45) is 3.15. The zero-order chi connectivity index (χ0) is 22.6. The number of nitrogens with zero attached hydrogens (tertiary/aromatic N) is 2. The standard InChI is InChI=1S/C23H21N3O4S2/c27-23(25-28)22(19-6-2-1-3-7-19)26(15-18-5-4-11-24-14-18)32(29,30)16-17-8-9-21-20(13-17)10-12-31-21/h1-14,22,28H,15-16H2,(H,25,27). The molecule has 0 aliphatic heterocycles. The van der Waals surface area contributed by atoms with Gasteiger partial charge in [-0.3, -0.25) is 15.0 Å². The van der Waals surface area contributed by atoms with Crippen LogP contribution in [0.1, 0.15) is 22.7 Å². The van der Waals surface area contributed by atoms with Crippen molar-refractivity contribution in [2.24, 2.45) is 0 Å². The van der Waals surface area contributed by atoms with Crippen LogP contribution in [0.4, 0.5) is 0 Å². The predicted octanol–water partition coefficient (Wildman–Crippen LogP) is 3.88. The summed E-state index contributed by atoms with van der Waals surface area (Å²) in [7, 11) is -3.99. The number of amides is 1. The van der Waals surface area contributed by atoms with Gasteiger partial charge in [-0.15, -0.1) is 11.3 Å². The van der Waals surface area contributed by atoms with E-state index in [2.05, 4.69) is 4.98 Å². The summed E-state index contributed by atoms with van der Waals surface area (Å²) in [6.45, 7) is -0.0795. The second kappa shape index (κ2) is 9.58. The normalized spacial score (nSPS) is 12.7. The van der Waals surface area contributed by atoms with Crippen molar-refractivity contribution >= 4 is 37.4 Å². The average molecular weight is 468 g/mol. The van der Waals surface area contributed by atoms with E-state index in [9.17, 15) is 18.4 Å². The molecule has 4 aromatic rings. The van der Waals surface area contributed by atoms with Gasteiger partial charge < -0.3 is 0 Å². The summed E-state index contributed by atoms with van der Waals surface area (Å²) < 4.78 is 29.5. The second-order valence-electron chi connectivity index (χ2n) is 7.24. The molecular weight excluding hydrogens is 446 g/mol. The third-order valence-electron chi connectivity index (χ3n) is 5.05. The Morgan fingerprint density at radius 2 is 1.88 bits per heavy atom. The van der Waals surface area contributed by atoms with Crippen LogP contribution in [0.3, 0.4) is 0 Å². The molecule has 2 heterocycles. The molecule has 1 unspecified atom stereocenters. The summed E-state index contributed by atoms with van der Waals surface area (Å²) in [4.78, 5) is 16.8. The van der Waals surface area contributed by atoms with Gasteiger partial charge in [0.2, 0.25) is 10.0 Å². The van der Waals surface area contributed by atoms with Crippen LogP contribution in [0.15, 0.2) is 84.5 Å². The molecule has 0 fully saturated rings. The lowest BCUT2D eigenvalue weighted by molar-refractivity contribution is -0.133. The topological polar surface area (TPSA) is 99.6 Å². The summed E-state index contributed by atoms with van der Waals surface area (Å²) in [5, 5.41) is 12.3. The van der Waals surface area contributed by atoms with E-state index in [-0.39, 0.29) is 12.3 Å². The van der Waals surface area contributed by atoms with Gasteiger partial charge in [0, 0.05) is 23.6 Å². The Kier molecular flexibility index (Phi) is 6.61. The van der Waals surface area contributed by atoms with Gasteiger partial charge in [0.15, 0.2) is 0 Å². The van der Waals surface area contributed by atoms with Crippen molar-refractivity contribution < 1.29 is 18.4 Å². The number of thiophene rings is 1. The van der Waals surface area contributed by atoms with Crippen LogP contribution in [-0.4, -0.2) is 28.8 Å². The molecule has 164 valence electrons. The maximum Gasteiger partial charge on any atom is 0.266 e. The SMILES string of the molecule is O=C(NO)C(c1ccccc1)N(Cc1cccnc1)S(=O)(=O)Cc1ccc2sccc2c1. The first kappa shape index (κ1) is 22.1. The summed E-state index contributed by atoms with van der Waals surface area (Å²) in [5.74, 6) is -1.13. The Balaban J connectivity index is 1.76. The maximum absolute atomic E-state index is 13.7. The Labute approximate surface area is 190 Å². The van der Waals surface area contributed by atoms with Gasteiger partial charge in [-0.2, -0.15) is 4.31 Å². The van der Waals surface area contributed by atoms with Crippen LogP contribution in [0.2, 0.25) is 0 Å². The highest BCUT2D eigenvalue weighted by Gasteiger charge is 2.36. The Hall–Kier alpha value is -3.11. The van der Waals surface area contributed by atoms with Crippen molar-refractivity contribution in [1.82, 2.24) is 14.8 Å². The van der Waals surface area contributed by atoms with Gasteiger partial charge >= 0.3 is 0 Å². The largest absolute Gasteiger partial charge is 0.289 e. The first-order chi connectivity index (χ1) is 15.5. The molecule has 1 atom stereocenters. The van der Waals surface area contributed by atoms with Crippen LogP contribution < -0.4 is 5.48 Å². The maximum atomic E-state index is 13.7. The number of sulfonamides is 1. The molecule has 0 saturated carbocycles. The number of fused-ring (bicyclic) bond motifs is 1. The highest BCUT2D eigenvalue weighted by Crippen LogP contribution is 2.29. The Morgan fingerprint density at radius 3 is 2.59 bits per heavy atom. The number of hydroxylamine groups is 1. The highest BCUT2D eigenvalue weighted by atomic mass is 32.2. The van der Waals surface area contributed by atoms with E-state index in [1.807, 2.05) is 23.6 Å². The summed E-state index contributed by atoms with van der Waals surface area (Å²) in [5.41, 5.74) is 3.31. The zero-order valence-electron chi connectivity index (χ0n) is 17.0. The molecule has 0 spiro atoms. The van der Waals surface area contributed by atoms with Gasteiger partial charge in [0.25, 0.3) is 5.91 Å². The minimum atomic E-state index is -3.99. The van der Waals surface area contributed by atoms with Crippen LogP contribution in [0, 0.1) is 0 Å². The van der Waals surface area contributed by atoms with Crippen LogP contribution in [0.25, 0.3) is 10.1 Å². The molecule has 32 heavy (non-hydrogen) atoms. The van der Waals surface area contributed by atoms with Gasteiger partial charge in [0.1, 0.15) is 6.04 Å². The molecule has 0 aliphatic rings. The molecule has 2 aromatic carbocycles. The number of benzene rings is 2. The molecule has 4 rings (SSSR count). The molecule has 7 nitrogen and oxygen atoms in total. The lowest BCUT2D eigenvalue weighted by Gasteiger charge is -2.30. The van der Waals surface area contributed by atoms with Crippen LogP contribution in [-0.2, 0) is 27.1 Å². The minimum Gasteiger partial charge on any atom is -0.289 e. The van der Waals surface area contributed by atoms with E-state index in [1.54, 1.807) is 77.7 Å². The van der Waals surface area contributed by atoms with E-state index in [0.29, 0.717) is 16.7 Å².